The minimum atomic E-state index is -0.416. The molecular formula is C21H19N3O4. The van der Waals surface area contributed by atoms with E-state index in [4.69, 9.17) is 0 Å². The summed E-state index contributed by atoms with van der Waals surface area (Å²) >= 11 is 0. The number of anilines is 2. The van der Waals surface area contributed by atoms with Crippen molar-refractivity contribution >= 4 is 35.0 Å². The molecule has 28 heavy (non-hydrogen) atoms. The molecule has 2 aromatic carbocycles. The zero-order chi connectivity index (χ0) is 19.8. The first-order valence-electron chi connectivity index (χ1n) is 9.14. The van der Waals surface area contributed by atoms with E-state index in [1.807, 2.05) is 6.07 Å². The van der Waals surface area contributed by atoms with Crippen LogP contribution < -0.4 is 10.2 Å². The Morgan fingerprint density at radius 3 is 2.54 bits per heavy atom. The highest BCUT2D eigenvalue weighted by atomic mass is 16.2. The zero-order valence-electron chi connectivity index (χ0n) is 15.4. The second-order valence-corrected chi connectivity index (χ2v) is 6.94. The molecule has 0 aromatic heterocycles. The Morgan fingerprint density at radius 1 is 0.964 bits per heavy atom. The minimum absolute atomic E-state index is 0.0839. The molecule has 0 spiro atoms. The van der Waals surface area contributed by atoms with Gasteiger partial charge in [0.1, 0.15) is 0 Å². The highest BCUT2D eigenvalue weighted by Crippen LogP contribution is 2.26. The quantitative estimate of drug-likeness (QED) is 0.833. The molecule has 0 aliphatic carbocycles. The molecule has 7 heteroatoms. The van der Waals surface area contributed by atoms with Crippen LogP contribution in [-0.2, 0) is 4.79 Å². The van der Waals surface area contributed by atoms with Gasteiger partial charge in [0.15, 0.2) is 0 Å². The van der Waals surface area contributed by atoms with E-state index in [1.165, 1.54) is 25.2 Å². The molecule has 0 atom stereocenters. The number of amides is 4. The minimum Gasteiger partial charge on any atom is -0.322 e. The Hall–Kier alpha value is -3.48. The van der Waals surface area contributed by atoms with Crippen molar-refractivity contribution in [3.05, 3.63) is 59.2 Å². The van der Waals surface area contributed by atoms with Crippen molar-refractivity contribution in [2.24, 2.45) is 0 Å². The Labute approximate surface area is 161 Å². The van der Waals surface area contributed by atoms with Gasteiger partial charge in [-0.15, -0.1) is 0 Å². The number of imide groups is 1. The average molecular weight is 377 g/mol. The topological polar surface area (TPSA) is 86.8 Å². The number of carbonyl (C=O) groups excluding carboxylic acids is 4. The van der Waals surface area contributed by atoms with Gasteiger partial charge in [0, 0.05) is 37.0 Å². The van der Waals surface area contributed by atoms with Crippen molar-refractivity contribution in [3.63, 3.8) is 0 Å². The molecule has 1 saturated heterocycles. The summed E-state index contributed by atoms with van der Waals surface area (Å²) in [6.45, 7) is 0.671. The molecule has 7 nitrogen and oxygen atoms in total. The maximum atomic E-state index is 12.6. The van der Waals surface area contributed by atoms with E-state index >= 15 is 0 Å². The van der Waals surface area contributed by atoms with Gasteiger partial charge in [-0.2, -0.15) is 0 Å². The Kier molecular flexibility index (Phi) is 4.43. The van der Waals surface area contributed by atoms with Gasteiger partial charge >= 0.3 is 0 Å². The molecule has 2 heterocycles. The van der Waals surface area contributed by atoms with Crippen molar-refractivity contribution in [2.75, 3.05) is 23.8 Å². The largest absolute Gasteiger partial charge is 0.322 e. The molecule has 1 fully saturated rings. The van der Waals surface area contributed by atoms with Crippen LogP contribution in [0.5, 0.6) is 0 Å². The molecule has 4 rings (SSSR count). The van der Waals surface area contributed by atoms with Crippen molar-refractivity contribution in [3.8, 4) is 0 Å². The maximum Gasteiger partial charge on any atom is 0.261 e. The average Bonchev–Trinajstić information content (AvgIpc) is 2.92. The summed E-state index contributed by atoms with van der Waals surface area (Å²) in [5.41, 5.74) is 2.12. The van der Waals surface area contributed by atoms with Crippen molar-refractivity contribution < 1.29 is 19.2 Å². The van der Waals surface area contributed by atoms with Gasteiger partial charge in [0.2, 0.25) is 5.91 Å². The van der Waals surface area contributed by atoms with E-state index in [0.29, 0.717) is 24.2 Å². The van der Waals surface area contributed by atoms with Crippen LogP contribution in [0.4, 0.5) is 11.4 Å². The fraction of sp³-hybridized carbons (Fsp3) is 0.238. The van der Waals surface area contributed by atoms with E-state index in [-0.39, 0.29) is 28.8 Å². The first-order chi connectivity index (χ1) is 13.5. The van der Waals surface area contributed by atoms with E-state index < -0.39 is 5.91 Å². The molecule has 1 N–H and O–H groups in total. The van der Waals surface area contributed by atoms with E-state index in [9.17, 15) is 19.2 Å². The predicted octanol–water partition coefficient (Wildman–Crippen LogP) is 2.68. The molecule has 0 bridgehead atoms. The fourth-order valence-electron chi connectivity index (χ4n) is 3.54. The summed E-state index contributed by atoms with van der Waals surface area (Å²) in [7, 11) is 1.41. The van der Waals surface area contributed by atoms with Crippen LogP contribution in [0.1, 0.15) is 50.3 Å². The van der Waals surface area contributed by atoms with Gasteiger partial charge in [-0.05, 0) is 49.2 Å². The summed E-state index contributed by atoms with van der Waals surface area (Å²) in [6, 6.07) is 11.6. The first kappa shape index (κ1) is 17.9. The Morgan fingerprint density at radius 2 is 1.75 bits per heavy atom. The van der Waals surface area contributed by atoms with Crippen LogP contribution in [0, 0.1) is 0 Å². The zero-order valence-corrected chi connectivity index (χ0v) is 15.4. The number of piperidine rings is 1. The monoisotopic (exact) mass is 377 g/mol. The molecule has 0 unspecified atom stereocenters. The maximum absolute atomic E-state index is 12.6. The molecule has 4 amide bonds. The van der Waals surface area contributed by atoms with E-state index in [2.05, 4.69) is 5.32 Å². The van der Waals surface area contributed by atoms with Gasteiger partial charge < -0.3 is 10.2 Å². The molecular weight excluding hydrogens is 358 g/mol. The fourth-order valence-corrected chi connectivity index (χ4v) is 3.54. The van der Waals surface area contributed by atoms with Crippen LogP contribution in [0.15, 0.2) is 42.5 Å². The van der Waals surface area contributed by atoms with Crippen LogP contribution in [0.3, 0.4) is 0 Å². The van der Waals surface area contributed by atoms with Crippen LogP contribution >= 0.6 is 0 Å². The highest BCUT2D eigenvalue weighted by molar-refractivity contribution is 6.22. The smallest absolute Gasteiger partial charge is 0.261 e. The second kappa shape index (κ2) is 6.92. The summed E-state index contributed by atoms with van der Waals surface area (Å²) in [4.78, 5) is 51.6. The molecule has 2 aliphatic heterocycles. The van der Waals surface area contributed by atoms with Crippen LogP contribution in [0.2, 0.25) is 0 Å². The van der Waals surface area contributed by atoms with Crippen molar-refractivity contribution in [1.82, 2.24) is 4.90 Å². The lowest BCUT2D eigenvalue weighted by Crippen LogP contribution is -2.35. The number of benzene rings is 2. The standard InChI is InChI=1S/C21H19N3O4/c1-23-20(27)16-9-8-13(11-17(16)21(23)28)19(26)22-14-5-4-6-15(12-14)24-10-3-2-7-18(24)25/h4-6,8-9,11-12H,2-3,7,10H2,1H3,(H,22,26). The lowest BCUT2D eigenvalue weighted by molar-refractivity contribution is -0.119. The number of rotatable bonds is 3. The normalized spacial score (nSPS) is 16.4. The number of nitrogens with one attached hydrogen (secondary N) is 1. The summed E-state index contributed by atoms with van der Waals surface area (Å²) in [6.07, 6.45) is 2.39. The van der Waals surface area contributed by atoms with E-state index in [0.717, 1.165) is 23.4 Å². The lowest BCUT2D eigenvalue weighted by atomic mass is 10.1. The number of hydrogen-bond acceptors (Lipinski definition) is 4. The van der Waals surface area contributed by atoms with Gasteiger partial charge in [-0.3, -0.25) is 24.1 Å². The molecule has 2 aromatic rings. The van der Waals surface area contributed by atoms with Crippen LogP contribution in [0.25, 0.3) is 0 Å². The molecule has 2 aliphatic rings. The molecule has 0 radical (unpaired) electrons. The Bertz CT molecular complexity index is 1010. The second-order valence-electron chi connectivity index (χ2n) is 6.94. The molecule has 142 valence electrons. The SMILES string of the molecule is CN1C(=O)c2ccc(C(=O)Nc3cccc(N4CCCCC4=O)c3)cc2C1=O. The van der Waals surface area contributed by atoms with E-state index in [1.54, 1.807) is 23.1 Å². The van der Waals surface area contributed by atoms with Crippen LogP contribution in [-0.4, -0.2) is 42.1 Å². The van der Waals surface area contributed by atoms with Gasteiger partial charge in [-0.25, -0.2) is 0 Å². The van der Waals surface area contributed by atoms with Crippen molar-refractivity contribution in [2.45, 2.75) is 19.3 Å². The predicted molar refractivity (Wildman–Crippen MR) is 103 cm³/mol. The molecule has 0 saturated carbocycles. The first-order valence-corrected chi connectivity index (χ1v) is 9.14. The third-order valence-electron chi connectivity index (χ3n) is 5.09. The third-order valence-corrected chi connectivity index (χ3v) is 5.09. The number of fused-ring (bicyclic) bond motifs is 1. The number of nitrogens with zero attached hydrogens (tertiary/aromatic N) is 2. The summed E-state index contributed by atoms with van der Waals surface area (Å²) in [5.74, 6) is -1.09. The van der Waals surface area contributed by atoms with Gasteiger partial charge in [-0.1, -0.05) is 6.07 Å². The Balaban J connectivity index is 1.55. The van der Waals surface area contributed by atoms with Gasteiger partial charge in [0.25, 0.3) is 17.7 Å². The summed E-state index contributed by atoms with van der Waals surface area (Å²) < 4.78 is 0. The van der Waals surface area contributed by atoms with Crippen molar-refractivity contribution in [1.29, 1.82) is 0 Å². The number of hydrogen-bond donors (Lipinski definition) is 1. The summed E-state index contributed by atoms with van der Waals surface area (Å²) in [5, 5.41) is 2.79. The van der Waals surface area contributed by atoms with Gasteiger partial charge in [0.05, 0.1) is 11.1 Å². The lowest BCUT2D eigenvalue weighted by Gasteiger charge is -2.27. The third kappa shape index (κ3) is 3.05. The highest BCUT2D eigenvalue weighted by Gasteiger charge is 2.33. The number of carbonyl (C=O) groups is 4.